The van der Waals surface area contributed by atoms with Crippen LogP contribution in [-0.2, 0) is 10.0 Å². The normalized spacial score (nSPS) is 11.5. The minimum Gasteiger partial charge on any atom is -0.464 e. The Labute approximate surface area is 145 Å². The zero-order valence-corrected chi connectivity index (χ0v) is 13.5. The van der Waals surface area contributed by atoms with Crippen molar-refractivity contribution in [2.45, 2.75) is 4.90 Å². The van der Waals surface area contributed by atoms with E-state index in [1.807, 2.05) is 0 Å². The first kappa shape index (κ1) is 19.8. The van der Waals surface area contributed by atoms with Crippen LogP contribution in [0.2, 0.25) is 5.02 Å². The molecule has 0 aliphatic carbocycles. The van der Waals surface area contributed by atoms with Gasteiger partial charge in [0.15, 0.2) is 23.3 Å². The lowest BCUT2D eigenvalue weighted by atomic mass is 10.0. The van der Waals surface area contributed by atoms with Gasteiger partial charge in [0.1, 0.15) is 10.7 Å². The minimum absolute atomic E-state index is 0.140. The molecule has 5 nitrogen and oxygen atoms in total. The first-order chi connectivity index (χ1) is 11.9. The third-order valence-electron chi connectivity index (χ3n) is 3.01. The van der Waals surface area contributed by atoms with Crippen molar-refractivity contribution < 1.29 is 44.7 Å². The molecule has 2 aromatic rings. The molecule has 1 amide bonds. The van der Waals surface area contributed by atoms with Gasteiger partial charge in [-0.15, -0.1) is 0 Å². The zero-order valence-electron chi connectivity index (χ0n) is 11.9. The Morgan fingerprint density at radius 2 is 1.38 bits per heavy atom. The fourth-order valence-electron chi connectivity index (χ4n) is 1.94. The second kappa shape index (κ2) is 6.68. The van der Waals surface area contributed by atoms with Crippen molar-refractivity contribution >= 4 is 27.7 Å². The van der Waals surface area contributed by atoms with Crippen LogP contribution in [0.4, 0.5) is 31.1 Å². The van der Waals surface area contributed by atoms with Crippen molar-refractivity contribution in [2.24, 2.45) is 0 Å². The molecule has 0 radical (unpaired) electrons. The van der Waals surface area contributed by atoms with Gasteiger partial charge >= 0.3 is 6.09 Å². The largest absolute Gasteiger partial charge is 0.464 e. The molecule has 0 spiro atoms. The highest BCUT2D eigenvalue weighted by Gasteiger charge is 2.30. The summed E-state index contributed by atoms with van der Waals surface area (Å²) in [5, 5.41) is 7.57. The zero-order chi connectivity index (χ0) is 20.0. The molecule has 0 unspecified atom stereocenters. The van der Waals surface area contributed by atoms with E-state index in [0.29, 0.717) is 0 Å². The summed E-state index contributed by atoms with van der Waals surface area (Å²) in [5.74, 6) is -13.7. The van der Waals surface area contributed by atoms with Gasteiger partial charge in [0, 0.05) is 5.56 Å². The number of nitrogens with one attached hydrogen (secondary N) is 1. The molecule has 0 aromatic heterocycles. The predicted octanol–water partition coefficient (Wildman–Crippen LogP) is 3.80. The monoisotopic (exact) mass is 419 g/mol. The molecular weight excluding hydrogens is 416 g/mol. The van der Waals surface area contributed by atoms with Crippen LogP contribution in [0.5, 0.6) is 0 Å². The van der Waals surface area contributed by atoms with Gasteiger partial charge in [0.05, 0.1) is 10.6 Å². The molecule has 0 bridgehead atoms. The highest BCUT2D eigenvalue weighted by atomic mass is 35.5. The first-order valence-electron chi connectivity index (χ1n) is 6.15. The molecule has 0 aliphatic rings. The molecular formula is C13H4ClF6NO4S. The fraction of sp³-hybridized carbons (Fsp3) is 0. The molecule has 0 saturated heterocycles. The molecule has 2 N–H and O–H groups in total. The number of hydrogen-bond acceptors (Lipinski definition) is 3. The van der Waals surface area contributed by atoms with Crippen LogP contribution in [0.3, 0.4) is 0 Å². The number of halogens is 7. The van der Waals surface area contributed by atoms with Gasteiger partial charge in [0.2, 0.25) is 5.82 Å². The van der Waals surface area contributed by atoms with Gasteiger partial charge in [-0.25, -0.2) is 44.3 Å². The van der Waals surface area contributed by atoms with E-state index in [1.165, 1.54) is 0 Å². The summed E-state index contributed by atoms with van der Waals surface area (Å²) in [4.78, 5) is 9.32. The Bertz CT molecular complexity index is 1010. The first-order valence-corrected chi connectivity index (χ1v) is 8.01. The van der Waals surface area contributed by atoms with Gasteiger partial charge in [-0.2, -0.15) is 0 Å². The maximum Gasteiger partial charge on any atom is 0.418 e. The Hall–Kier alpha value is -2.47. The molecule has 0 fully saturated rings. The fourth-order valence-corrected chi connectivity index (χ4v) is 3.32. The Kier molecular flexibility index (Phi) is 5.10. The Morgan fingerprint density at radius 1 is 0.923 bits per heavy atom. The maximum atomic E-state index is 14.0. The molecule has 26 heavy (non-hydrogen) atoms. The van der Waals surface area contributed by atoms with Crippen molar-refractivity contribution in [3.05, 3.63) is 52.1 Å². The van der Waals surface area contributed by atoms with E-state index in [0.717, 1.165) is 4.72 Å². The number of carbonyl (C=O) groups is 1. The van der Waals surface area contributed by atoms with Gasteiger partial charge in [-0.05, 0) is 12.1 Å². The lowest BCUT2D eigenvalue weighted by molar-refractivity contribution is 0.201. The molecule has 0 saturated carbocycles. The second-order valence-corrected chi connectivity index (χ2v) is 6.68. The average Bonchev–Trinajstić information content (AvgIpc) is 2.51. The molecule has 0 aliphatic heterocycles. The van der Waals surface area contributed by atoms with E-state index < -0.39 is 72.1 Å². The van der Waals surface area contributed by atoms with Crippen LogP contribution >= 0.6 is 11.6 Å². The summed E-state index contributed by atoms with van der Waals surface area (Å²) < 4.78 is 106. The van der Waals surface area contributed by atoms with E-state index in [1.54, 1.807) is 0 Å². The maximum absolute atomic E-state index is 14.0. The highest BCUT2D eigenvalue weighted by molar-refractivity contribution is 7.90. The van der Waals surface area contributed by atoms with Gasteiger partial charge in [0.25, 0.3) is 10.0 Å². The lowest BCUT2D eigenvalue weighted by Gasteiger charge is -2.12. The molecule has 0 heterocycles. The Morgan fingerprint density at radius 3 is 1.85 bits per heavy atom. The third kappa shape index (κ3) is 3.29. The van der Waals surface area contributed by atoms with Crippen molar-refractivity contribution in [3.63, 3.8) is 0 Å². The molecule has 2 rings (SSSR count). The summed E-state index contributed by atoms with van der Waals surface area (Å²) in [6.07, 6.45) is -2.07. The van der Waals surface area contributed by atoms with Crippen LogP contribution in [0.15, 0.2) is 17.0 Å². The molecule has 140 valence electrons. The summed E-state index contributed by atoms with van der Waals surface area (Å²) in [6.45, 7) is 0. The molecule has 0 atom stereocenters. The number of amides is 1. The third-order valence-corrected chi connectivity index (χ3v) is 4.80. The van der Waals surface area contributed by atoms with E-state index >= 15 is 0 Å². The lowest BCUT2D eigenvalue weighted by Crippen LogP contribution is -2.29. The van der Waals surface area contributed by atoms with Gasteiger partial charge in [-0.1, -0.05) is 11.6 Å². The molecule has 13 heteroatoms. The predicted molar refractivity (Wildman–Crippen MR) is 75.0 cm³/mol. The standard InChI is InChI=1S/C13H4ClF6NO4S/c14-4-2-5(15)3(1-6(4)26(24,25)21-13(22)23)7-8(16)10(18)12(20)11(19)9(7)17/h1-2,21H,(H,22,23). The quantitative estimate of drug-likeness (QED) is 0.450. The van der Waals surface area contributed by atoms with Crippen LogP contribution in [-0.4, -0.2) is 19.6 Å². The van der Waals surface area contributed by atoms with Crippen molar-refractivity contribution in [1.82, 2.24) is 4.72 Å². The average molecular weight is 420 g/mol. The van der Waals surface area contributed by atoms with E-state index in [-0.39, 0.29) is 12.1 Å². The number of sulfonamides is 1. The number of carboxylic acid groups (broad SMARTS) is 1. The van der Waals surface area contributed by atoms with Crippen LogP contribution in [0.1, 0.15) is 0 Å². The van der Waals surface area contributed by atoms with Crippen LogP contribution in [0.25, 0.3) is 11.1 Å². The second-order valence-electron chi connectivity index (χ2n) is 4.62. The highest BCUT2D eigenvalue weighted by Crippen LogP contribution is 2.36. The number of benzene rings is 2. The van der Waals surface area contributed by atoms with Crippen molar-refractivity contribution in [3.8, 4) is 11.1 Å². The van der Waals surface area contributed by atoms with Gasteiger partial charge < -0.3 is 5.11 Å². The Balaban J connectivity index is 2.86. The smallest absolute Gasteiger partial charge is 0.418 e. The summed E-state index contributed by atoms with van der Waals surface area (Å²) in [6, 6.07) is 0.354. The van der Waals surface area contributed by atoms with Crippen molar-refractivity contribution in [2.75, 3.05) is 0 Å². The van der Waals surface area contributed by atoms with E-state index in [9.17, 15) is 39.6 Å². The summed E-state index contributed by atoms with van der Waals surface area (Å²) in [7, 11) is -4.95. The number of hydrogen-bond donors (Lipinski definition) is 2. The van der Waals surface area contributed by atoms with Crippen LogP contribution < -0.4 is 4.72 Å². The SMILES string of the molecule is O=C(O)NS(=O)(=O)c1cc(-c2c(F)c(F)c(F)c(F)c2F)c(F)cc1Cl. The van der Waals surface area contributed by atoms with E-state index in [2.05, 4.69) is 0 Å². The topological polar surface area (TPSA) is 83.5 Å². The summed E-state index contributed by atoms with van der Waals surface area (Å²) >= 11 is 5.48. The van der Waals surface area contributed by atoms with Crippen LogP contribution in [0, 0.1) is 34.9 Å². The van der Waals surface area contributed by atoms with E-state index in [4.69, 9.17) is 16.7 Å². The van der Waals surface area contributed by atoms with Crippen molar-refractivity contribution in [1.29, 1.82) is 0 Å². The summed E-state index contributed by atoms with van der Waals surface area (Å²) in [5.41, 5.74) is -3.09. The molecule has 2 aromatic carbocycles. The van der Waals surface area contributed by atoms with Gasteiger partial charge in [-0.3, -0.25) is 0 Å². The number of rotatable bonds is 3. The minimum atomic E-state index is -4.95.